The minimum absolute atomic E-state index is 0.685. The van der Waals surface area contributed by atoms with Gasteiger partial charge in [0.2, 0.25) is 0 Å². The number of ether oxygens (including phenoxy) is 2. The molecule has 0 atom stereocenters. The van der Waals surface area contributed by atoms with E-state index in [2.05, 4.69) is 41.8 Å². The zero-order chi connectivity index (χ0) is 32.0. The van der Waals surface area contributed by atoms with Crippen molar-refractivity contribution in [2.24, 2.45) is 0 Å². The number of nitrogen functional groups attached to an aromatic ring is 2. The lowest BCUT2D eigenvalue weighted by molar-refractivity contribution is 0.461. The van der Waals surface area contributed by atoms with E-state index in [-0.39, 0.29) is 0 Å². The first-order valence-corrected chi connectivity index (χ1v) is 15.4. The topological polar surface area (TPSA) is 94.6 Å². The molecule has 0 aliphatic carbocycles. The first-order chi connectivity index (χ1) is 22.3. The quantitative estimate of drug-likeness (QED) is 0.0560. The number of rotatable bonds is 11. The second kappa shape index (κ2) is 13.2. The lowest BCUT2D eigenvalue weighted by atomic mass is 9.72. The lowest BCUT2D eigenvalue weighted by Gasteiger charge is -2.48. The Morgan fingerprint density at radius 3 is 1.09 bits per heavy atom. The molecule has 6 aromatic rings. The van der Waals surface area contributed by atoms with E-state index in [9.17, 15) is 0 Å². The van der Waals surface area contributed by atoms with Gasteiger partial charge >= 0.3 is 0 Å². The number of anilines is 4. The van der Waals surface area contributed by atoms with Crippen LogP contribution in [0.25, 0.3) is 0 Å². The van der Waals surface area contributed by atoms with Crippen molar-refractivity contribution in [2.75, 3.05) is 22.1 Å². The fraction of sp³-hybridized carbons (Fsp3) is 0.0769. The molecule has 0 fully saturated rings. The normalized spacial score (nSPS) is 11.4. The first-order valence-electron chi connectivity index (χ1n) is 15.0. The van der Waals surface area contributed by atoms with Gasteiger partial charge in [0, 0.05) is 22.7 Å². The number of nitrogens with two attached hydrogens (primary N) is 2. The van der Waals surface area contributed by atoms with Crippen LogP contribution >= 0.6 is 12.6 Å². The third-order valence-electron chi connectivity index (χ3n) is 8.02. The van der Waals surface area contributed by atoms with Crippen LogP contribution < -0.4 is 31.6 Å². The monoisotopic (exact) mass is 624 g/mol. The summed E-state index contributed by atoms with van der Waals surface area (Å²) >= 11 is 5.47. The summed E-state index contributed by atoms with van der Waals surface area (Å²) in [7, 11) is 0. The zero-order valence-electron chi connectivity index (χ0n) is 25.4. The van der Waals surface area contributed by atoms with Crippen LogP contribution in [-0.4, -0.2) is 4.99 Å². The average Bonchev–Trinajstić information content (AvgIpc) is 3.08. The summed E-state index contributed by atoms with van der Waals surface area (Å²) in [5.74, 6) is 2.84. The molecule has 46 heavy (non-hydrogen) atoms. The molecule has 0 amide bonds. The van der Waals surface area contributed by atoms with E-state index < -0.39 is 10.4 Å². The smallest absolute Gasteiger partial charge is 0.167 e. The molecule has 0 unspecified atom stereocenters. The highest BCUT2D eigenvalue weighted by molar-refractivity contribution is 7.82. The fourth-order valence-corrected chi connectivity index (χ4v) is 5.90. The summed E-state index contributed by atoms with van der Waals surface area (Å²) in [5, 5.41) is 7.46. The molecule has 0 radical (unpaired) electrons. The van der Waals surface area contributed by atoms with Crippen molar-refractivity contribution in [3.8, 4) is 23.0 Å². The molecule has 0 saturated heterocycles. The van der Waals surface area contributed by atoms with Crippen molar-refractivity contribution >= 4 is 35.4 Å². The van der Waals surface area contributed by atoms with Crippen molar-refractivity contribution in [3.63, 3.8) is 0 Å². The molecule has 0 spiro atoms. The zero-order valence-corrected chi connectivity index (χ0v) is 26.3. The molecule has 230 valence electrons. The Bertz CT molecular complexity index is 1720. The molecule has 6 rings (SSSR count). The summed E-state index contributed by atoms with van der Waals surface area (Å²) in [5.41, 5.74) is 16.2. The predicted octanol–water partition coefficient (Wildman–Crippen LogP) is 9.55. The minimum atomic E-state index is -1.03. The van der Waals surface area contributed by atoms with Crippen molar-refractivity contribution in [1.29, 1.82) is 0 Å². The third-order valence-corrected chi connectivity index (χ3v) is 8.69. The maximum atomic E-state index is 6.13. The van der Waals surface area contributed by atoms with E-state index in [1.54, 1.807) is 0 Å². The molecular weight excluding hydrogens is 589 g/mol. The first kappa shape index (κ1) is 30.5. The van der Waals surface area contributed by atoms with E-state index in [4.69, 9.17) is 33.6 Å². The van der Waals surface area contributed by atoms with Gasteiger partial charge in [-0.25, -0.2) is 0 Å². The Kier molecular flexibility index (Phi) is 8.76. The van der Waals surface area contributed by atoms with E-state index in [0.29, 0.717) is 34.4 Å². The Hall–Kier alpha value is -5.53. The van der Waals surface area contributed by atoms with Gasteiger partial charge in [-0.15, -0.1) is 12.6 Å². The van der Waals surface area contributed by atoms with Gasteiger partial charge in [0.05, 0.1) is 5.41 Å². The van der Waals surface area contributed by atoms with E-state index in [1.807, 2.05) is 133 Å². The van der Waals surface area contributed by atoms with Gasteiger partial charge < -0.3 is 31.6 Å². The van der Waals surface area contributed by atoms with Gasteiger partial charge in [-0.05, 0) is 115 Å². The van der Waals surface area contributed by atoms with Crippen LogP contribution in [-0.2, 0) is 5.41 Å². The van der Waals surface area contributed by atoms with Crippen LogP contribution in [0.3, 0.4) is 0 Å². The molecule has 0 aliphatic rings. The third kappa shape index (κ3) is 6.75. The summed E-state index contributed by atoms with van der Waals surface area (Å²) in [4.78, 5) is -1.03. The van der Waals surface area contributed by atoms with Crippen molar-refractivity contribution in [3.05, 3.63) is 169 Å². The van der Waals surface area contributed by atoms with E-state index >= 15 is 0 Å². The maximum Gasteiger partial charge on any atom is 0.167 e. The second-order valence-corrected chi connectivity index (χ2v) is 11.9. The Labute approximate surface area is 275 Å². The number of thiol groups is 1. The Morgan fingerprint density at radius 1 is 0.457 bits per heavy atom. The number of benzene rings is 6. The molecule has 0 bridgehead atoms. The highest BCUT2D eigenvalue weighted by Crippen LogP contribution is 2.47. The summed E-state index contributed by atoms with van der Waals surface area (Å²) in [6, 6.07) is 51.0. The van der Waals surface area contributed by atoms with Crippen LogP contribution in [0.15, 0.2) is 158 Å². The largest absolute Gasteiger partial charge is 0.457 e. The fourth-order valence-electron chi connectivity index (χ4n) is 5.38. The number of para-hydroxylation sites is 2. The predicted molar refractivity (Wildman–Crippen MR) is 193 cm³/mol. The van der Waals surface area contributed by atoms with Crippen LogP contribution in [0.5, 0.6) is 23.0 Å². The SMILES string of the molecule is CC(c1ccc(Oc2ccc(N)cc2)cc1)(c1ccc(Oc2ccc(N)cc2)cc1)C(S)(Nc1ccccc1)Nc1ccccc1. The highest BCUT2D eigenvalue weighted by Gasteiger charge is 2.49. The average molecular weight is 625 g/mol. The van der Waals surface area contributed by atoms with Crippen molar-refractivity contribution in [1.82, 2.24) is 0 Å². The molecule has 0 heterocycles. The summed E-state index contributed by atoms with van der Waals surface area (Å²) in [6.07, 6.45) is 0. The second-order valence-electron chi connectivity index (χ2n) is 11.2. The van der Waals surface area contributed by atoms with Crippen LogP contribution in [0.1, 0.15) is 18.1 Å². The van der Waals surface area contributed by atoms with Crippen LogP contribution in [0.4, 0.5) is 22.7 Å². The Morgan fingerprint density at radius 2 is 0.761 bits per heavy atom. The molecule has 6 nitrogen and oxygen atoms in total. The van der Waals surface area contributed by atoms with Crippen molar-refractivity contribution in [2.45, 2.75) is 17.3 Å². The Balaban J connectivity index is 1.42. The molecule has 7 heteroatoms. The van der Waals surface area contributed by atoms with Gasteiger partial charge in [0.1, 0.15) is 23.0 Å². The number of nitrogens with one attached hydrogen (secondary N) is 2. The summed E-state index contributed by atoms with van der Waals surface area (Å²) in [6.45, 7) is 2.18. The number of hydrogen-bond acceptors (Lipinski definition) is 7. The van der Waals surface area contributed by atoms with Gasteiger partial charge in [-0.3, -0.25) is 0 Å². The van der Waals surface area contributed by atoms with Crippen LogP contribution in [0.2, 0.25) is 0 Å². The standard InChI is InChI=1S/C39H36N4O2S/c1-38(28-12-20-34(21-13-28)44-36-24-16-30(40)17-25-36,29-14-22-35(23-15-29)45-37-26-18-31(41)19-27-37)39(46,42-32-8-4-2-5-9-32)43-33-10-6-3-7-11-33/h2-27,42-43,46H,40-41H2,1H3. The molecule has 0 saturated carbocycles. The molecular formula is C39H36N4O2S. The van der Waals surface area contributed by atoms with Gasteiger partial charge in [0.15, 0.2) is 4.99 Å². The van der Waals surface area contributed by atoms with E-state index in [0.717, 1.165) is 22.5 Å². The minimum Gasteiger partial charge on any atom is -0.457 e. The molecule has 0 aliphatic heterocycles. The highest BCUT2D eigenvalue weighted by atomic mass is 32.1. The van der Waals surface area contributed by atoms with E-state index in [1.165, 1.54) is 0 Å². The molecule has 6 aromatic carbocycles. The van der Waals surface area contributed by atoms with Crippen molar-refractivity contribution < 1.29 is 9.47 Å². The van der Waals surface area contributed by atoms with Gasteiger partial charge in [0.25, 0.3) is 0 Å². The van der Waals surface area contributed by atoms with Gasteiger partial charge in [-0.2, -0.15) is 0 Å². The van der Waals surface area contributed by atoms with Crippen LogP contribution in [0, 0.1) is 0 Å². The maximum absolute atomic E-state index is 6.13. The number of hydrogen-bond donors (Lipinski definition) is 5. The van der Waals surface area contributed by atoms with Gasteiger partial charge in [-0.1, -0.05) is 60.7 Å². The molecule has 6 N–H and O–H groups in total. The lowest BCUT2D eigenvalue weighted by Crippen LogP contribution is -2.57. The summed E-state index contributed by atoms with van der Waals surface area (Å²) < 4.78 is 12.3. The molecule has 0 aromatic heterocycles.